The highest BCUT2D eigenvalue weighted by atomic mass is 32.2. The van der Waals surface area contributed by atoms with Crippen LogP contribution in [0, 0.1) is 0 Å². The van der Waals surface area contributed by atoms with Gasteiger partial charge in [-0.05, 0) is 0 Å². The van der Waals surface area contributed by atoms with E-state index in [4.69, 9.17) is 9.84 Å². The monoisotopic (exact) mass is 267 g/mol. The molecule has 0 saturated carbocycles. The molecule has 8 heteroatoms. The van der Waals surface area contributed by atoms with Gasteiger partial charge in [0.15, 0.2) is 6.29 Å². The zero-order valence-electron chi connectivity index (χ0n) is 9.55. The smallest absolute Gasteiger partial charge is 0.281 e. The van der Waals surface area contributed by atoms with Gasteiger partial charge in [0.25, 0.3) is 5.24 Å². The molecule has 0 bridgehead atoms. The molecule has 1 amide bonds. The van der Waals surface area contributed by atoms with Gasteiger partial charge < -0.3 is 30.1 Å². The first-order valence-electron chi connectivity index (χ1n) is 5.07. The quantitative estimate of drug-likeness (QED) is 0.467. The predicted molar refractivity (Wildman–Crippen MR) is 60.4 cm³/mol. The molecule has 0 radical (unpaired) electrons. The molecule has 100 valence electrons. The van der Waals surface area contributed by atoms with Crippen molar-refractivity contribution in [2.24, 2.45) is 0 Å². The van der Waals surface area contributed by atoms with E-state index in [0.717, 1.165) is 0 Å². The highest BCUT2D eigenvalue weighted by Crippen LogP contribution is 2.30. The summed E-state index contributed by atoms with van der Waals surface area (Å²) in [7, 11) is 3.06. The minimum absolute atomic E-state index is 0.369. The summed E-state index contributed by atoms with van der Waals surface area (Å²) in [4.78, 5) is 12.7. The van der Waals surface area contributed by atoms with E-state index in [9.17, 15) is 20.1 Å². The number of hydrogen-bond acceptors (Lipinski definition) is 7. The van der Waals surface area contributed by atoms with Gasteiger partial charge in [-0.1, -0.05) is 11.8 Å². The third kappa shape index (κ3) is 3.30. The van der Waals surface area contributed by atoms with Gasteiger partial charge in [0, 0.05) is 14.1 Å². The lowest BCUT2D eigenvalue weighted by Crippen LogP contribution is -2.57. The van der Waals surface area contributed by atoms with Crippen molar-refractivity contribution in [1.29, 1.82) is 0 Å². The zero-order chi connectivity index (χ0) is 13.2. The van der Waals surface area contributed by atoms with Crippen molar-refractivity contribution in [2.45, 2.75) is 29.9 Å². The third-order valence-corrected chi connectivity index (χ3v) is 3.80. The molecule has 1 saturated heterocycles. The molecule has 1 heterocycles. The van der Waals surface area contributed by atoms with Gasteiger partial charge in [0.2, 0.25) is 0 Å². The Morgan fingerprint density at radius 1 is 1.29 bits per heavy atom. The van der Waals surface area contributed by atoms with E-state index in [1.165, 1.54) is 19.0 Å². The number of carbonyl (C=O) groups is 1. The van der Waals surface area contributed by atoms with Crippen LogP contribution in [0.2, 0.25) is 0 Å². The molecule has 0 aliphatic carbocycles. The summed E-state index contributed by atoms with van der Waals surface area (Å²) in [5.74, 6) is 0. The number of thioether (sulfide) groups is 1. The molecule has 1 aliphatic rings. The van der Waals surface area contributed by atoms with Gasteiger partial charge >= 0.3 is 0 Å². The largest absolute Gasteiger partial charge is 0.394 e. The summed E-state index contributed by atoms with van der Waals surface area (Å²) in [6.45, 7) is -0.520. The van der Waals surface area contributed by atoms with E-state index in [0.29, 0.717) is 11.8 Å². The van der Waals surface area contributed by atoms with Crippen LogP contribution in [0.3, 0.4) is 0 Å². The van der Waals surface area contributed by atoms with Gasteiger partial charge in [-0.15, -0.1) is 0 Å². The minimum atomic E-state index is -1.42. The number of ether oxygens (including phenoxy) is 1. The van der Waals surface area contributed by atoms with Crippen molar-refractivity contribution in [3.05, 3.63) is 0 Å². The Morgan fingerprint density at radius 2 is 1.88 bits per heavy atom. The highest BCUT2D eigenvalue weighted by molar-refractivity contribution is 8.14. The average molecular weight is 267 g/mol. The van der Waals surface area contributed by atoms with Crippen molar-refractivity contribution in [2.75, 3.05) is 20.7 Å². The molecule has 1 fully saturated rings. The van der Waals surface area contributed by atoms with Crippen LogP contribution in [0.5, 0.6) is 0 Å². The predicted octanol–water partition coefficient (Wildman–Crippen LogP) is -1.80. The van der Waals surface area contributed by atoms with E-state index >= 15 is 0 Å². The lowest BCUT2D eigenvalue weighted by molar-refractivity contribution is -0.234. The number of aliphatic hydroxyl groups excluding tert-OH is 4. The fourth-order valence-electron chi connectivity index (χ4n) is 1.42. The average Bonchev–Trinajstić information content (AvgIpc) is 2.28. The van der Waals surface area contributed by atoms with Crippen LogP contribution in [0.15, 0.2) is 0 Å². The molecular weight excluding hydrogens is 250 g/mol. The molecule has 0 aromatic heterocycles. The van der Waals surface area contributed by atoms with Crippen molar-refractivity contribution in [3.8, 4) is 0 Å². The van der Waals surface area contributed by atoms with Crippen molar-refractivity contribution in [1.82, 2.24) is 4.90 Å². The van der Waals surface area contributed by atoms with Crippen LogP contribution in [0.1, 0.15) is 0 Å². The van der Waals surface area contributed by atoms with Gasteiger partial charge in [-0.3, -0.25) is 4.79 Å². The summed E-state index contributed by atoms with van der Waals surface area (Å²) in [6.07, 6.45) is -5.15. The Balaban J connectivity index is 2.69. The van der Waals surface area contributed by atoms with Crippen LogP contribution in [-0.2, 0) is 4.74 Å². The van der Waals surface area contributed by atoms with Crippen LogP contribution in [-0.4, -0.2) is 81.1 Å². The lowest BCUT2D eigenvalue weighted by atomic mass is 10.0. The molecule has 17 heavy (non-hydrogen) atoms. The number of aliphatic hydroxyl groups is 4. The number of carbonyl (C=O) groups excluding carboxylic acids is 1. The molecule has 1 aliphatic heterocycles. The molecule has 0 spiro atoms. The van der Waals surface area contributed by atoms with Gasteiger partial charge in [0.1, 0.15) is 12.2 Å². The number of nitrogens with zero attached hydrogens (tertiary/aromatic N) is 1. The molecular formula is C9H17NO6S. The Bertz CT molecular complexity index is 276. The minimum Gasteiger partial charge on any atom is -0.394 e. The fourth-order valence-corrected chi connectivity index (χ4v) is 2.35. The molecule has 0 aromatic carbocycles. The van der Waals surface area contributed by atoms with Crippen LogP contribution in [0.4, 0.5) is 4.79 Å². The van der Waals surface area contributed by atoms with E-state index < -0.39 is 36.5 Å². The maximum absolute atomic E-state index is 11.4. The van der Waals surface area contributed by atoms with E-state index in [2.05, 4.69) is 0 Å². The summed E-state index contributed by atoms with van der Waals surface area (Å²) in [6, 6.07) is 0. The molecule has 7 nitrogen and oxygen atoms in total. The second kappa shape index (κ2) is 5.98. The van der Waals surface area contributed by atoms with Gasteiger partial charge in [0.05, 0.1) is 18.0 Å². The van der Waals surface area contributed by atoms with E-state index in [1.807, 2.05) is 0 Å². The highest BCUT2D eigenvalue weighted by Gasteiger charge is 2.45. The number of amides is 1. The summed E-state index contributed by atoms with van der Waals surface area (Å²) >= 11 is 0.681. The van der Waals surface area contributed by atoms with E-state index in [1.54, 1.807) is 0 Å². The first-order valence-corrected chi connectivity index (χ1v) is 5.95. The molecule has 0 aromatic rings. The Hall–Kier alpha value is -0.380. The zero-order valence-corrected chi connectivity index (χ0v) is 10.4. The maximum atomic E-state index is 11.4. The SMILES string of the molecule is CN(C)C(=O)SC1C(O)OC(CO)C(O)C1O. The lowest BCUT2D eigenvalue weighted by Gasteiger charge is -2.39. The standard InChI is InChI=1S/C9H17NO6S/c1-10(2)9(15)17-7-6(13)5(12)4(3-11)16-8(7)14/h4-8,11-14H,3H2,1-2H3. The van der Waals surface area contributed by atoms with Crippen LogP contribution < -0.4 is 0 Å². The Labute approximate surface area is 103 Å². The summed E-state index contributed by atoms with van der Waals surface area (Å²) in [5, 5.41) is 36.4. The second-order valence-electron chi connectivity index (χ2n) is 3.97. The number of rotatable bonds is 2. The van der Waals surface area contributed by atoms with Gasteiger partial charge in [-0.25, -0.2) is 0 Å². The van der Waals surface area contributed by atoms with Gasteiger partial charge in [-0.2, -0.15) is 0 Å². The summed E-state index contributed by atoms with van der Waals surface area (Å²) < 4.78 is 4.92. The third-order valence-electron chi connectivity index (χ3n) is 2.44. The fraction of sp³-hybridized carbons (Fsp3) is 0.889. The normalized spacial score (nSPS) is 37.9. The first-order chi connectivity index (χ1) is 7.88. The Kier molecular flexibility index (Phi) is 5.17. The molecule has 5 unspecified atom stereocenters. The van der Waals surface area contributed by atoms with Crippen molar-refractivity contribution < 1.29 is 30.0 Å². The maximum Gasteiger partial charge on any atom is 0.281 e. The van der Waals surface area contributed by atoms with Crippen molar-refractivity contribution in [3.63, 3.8) is 0 Å². The molecule has 1 rings (SSSR count). The Morgan fingerprint density at radius 3 is 2.35 bits per heavy atom. The van der Waals surface area contributed by atoms with Crippen LogP contribution in [0.25, 0.3) is 0 Å². The second-order valence-corrected chi connectivity index (χ2v) is 5.10. The van der Waals surface area contributed by atoms with Crippen molar-refractivity contribution >= 4 is 17.0 Å². The molecule has 4 N–H and O–H groups in total. The topological polar surface area (TPSA) is 110 Å². The van der Waals surface area contributed by atoms with Crippen LogP contribution >= 0.6 is 11.8 Å². The molecule has 5 atom stereocenters. The summed E-state index contributed by atoms with van der Waals surface area (Å²) in [5.41, 5.74) is 0. The first kappa shape index (κ1) is 14.7. The van der Waals surface area contributed by atoms with E-state index in [-0.39, 0.29) is 5.24 Å². The number of hydrogen-bond donors (Lipinski definition) is 4.